The van der Waals surface area contributed by atoms with Crippen molar-refractivity contribution in [1.29, 1.82) is 0 Å². The smallest absolute Gasteiger partial charge is 0.239 e. The first-order chi connectivity index (χ1) is 11.6. The molecule has 2 aromatic rings. The van der Waals surface area contributed by atoms with Gasteiger partial charge in [0.15, 0.2) is 0 Å². The molecule has 0 saturated carbocycles. The first-order valence-electron chi connectivity index (χ1n) is 7.83. The number of hydrogen-bond donors (Lipinski definition) is 3. The van der Waals surface area contributed by atoms with Crippen LogP contribution >= 0.6 is 0 Å². The van der Waals surface area contributed by atoms with E-state index in [1.165, 1.54) is 5.56 Å². The van der Waals surface area contributed by atoms with Gasteiger partial charge in [0.05, 0.1) is 24.1 Å². The van der Waals surface area contributed by atoms with E-state index in [9.17, 15) is 4.79 Å². The van der Waals surface area contributed by atoms with E-state index in [2.05, 4.69) is 30.9 Å². The highest BCUT2D eigenvalue weighted by Gasteiger charge is 2.11. The number of hydrogen-bond acceptors (Lipinski definition) is 7. The van der Waals surface area contributed by atoms with Gasteiger partial charge in [0.1, 0.15) is 5.82 Å². The quantitative estimate of drug-likeness (QED) is 0.746. The van der Waals surface area contributed by atoms with Crippen molar-refractivity contribution in [3.8, 4) is 0 Å². The Morgan fingerprint density at radius 1 is 1.29 bits per heavy atom. The molecule has 0 atom stereocenters. The first-order valence-corrected chi connectivity index (χ1v) is 7.83. The Labute approximate surface area is 140 Å². The van der Waals surface area contributed by atoms with Crippen LogP contribution in [0.2, 0.25) is 0 Å². The minimum absolute atomic E-state index is 0.0984. The molecule has 0 spiro atoms. The SMILES string of the molecule is CN(C)CC(=O)Nc1ccc(Nc2ncc3c(n2)CNCC3)cn1. The van der Waals surface area contributed by atoms with Crippen LogP contribution in [0.15, 0.2) is 24.5 Å². The molecule has 0 radical (unpaired) electrons. The molecule has 8 nitrogen and oxygen atoms in total. The molecule has 24 heavy (non-hydrogen) atoms. The van der Waals surface area contributed by atoms with Crippen molar-refractivity contribution in [2.24, 2.45) is 0 Å². The van der Waals surface area contributed by atoms with Crippen molar-refractivity contribution < 1.29 is 4.79 Å². The van der Waals surface area contributed by atoms with Crippen LogP contribution in [0.5, 0.6) is 0 Å². The van der Waals surface area contributed by atoms with Crippen LogP contribution in [0.4, 0.5) is 17.5 Å². The number of fused-ring (bicyclic) bond motifs is 1. The molecule has 2 aromatic heterocycles. The van der Waals surface area contributed by atoms with Gasteiger partial charge in [-0.1, -0.05) is 0 Å². The van der Waals surface area contributed by atoms with Crippen molar-refractivity contribution >= 4 is 23.4 Å². The van der Waals surface area contributed by atoms with Gasteiger partial charge in [-0.05, 0) is 44.8 Å². The molecule has 8 heteroatoms. The highest BCUT2D eigenvalue weighted by atomic mass is 16.2. The molecule has 1 aliphatic heterocycles. The number of aromatic nitrogens is 3. The third-order valence-corrected chi connectivity index (χ3v) is 3.56. The van der Waals surface area contributed by atoms with Gasteiger partial charge >= 0.3 is 0 Å². The minimum atomic E-state index is -0.0984. The lowest BCUT2D eigenvalue weighted by Gasteiger charge is -2.16. The number of nitrogens with zero attached hydrogens (tertiary/aromatic N) is 4. The van der Waals surface area contributed by atoms with Crippen LogP contribution in [0.25, 0.3) is 0 Å². The lowest BCUT2D eigenvalue weighted by Crippen LogP contribution is -2.27. The van der Waals surface area contributed by atoms with Crippen molar-refractivity contribution in [2.75, 3.05) is 37.8 Å². The third kappa shape index (κ3) is 4.24. The number of amides is 1. The maximum Gasteiger partial charge on any atom is 0.239 e. The monoisotopic (exact) mass is 327 g/mol. The number of likely N-dealkylation sites (N-methyl/N-ethyl adjacent to an activating group) is 1. The highest BCUT2D eigenvalue weighted by molar-refractivity contribution is 5.91. The molecule has 1 amide bonds. The van der Waals surface area contributed by atoms with E-state index in [4.69, 9.17) is 0 Å². The summed E-state index contributed by atoms with van der Waals surface area (Å²) in [6.07, 6.45) is 4.47. The van der Waals surface area contributed by atoms with Crippen molar-refractivity contribution in [2.45, 2.75) is 13.0 Å². The topological polar surface area (TPSA) is 95.1 Å². The molecule has 1 aliphatic rings. The number of rotatable bonds is 5. The van der Waals surface area contributed by atoms with Gasteiger partial charge < -0.3 is 20.9 Å². The Kier molecular flexibility index (Phi) is 4.97. The normalized spacial score (nSPS) is 13.5. The second kappa shape index (κ2) is 7.33. The van der Waals surface area contributed by atoms with Gasteiger partial charge in [-0.15, -0.1) is 0 Å². The summed E-state index contributed by atoms with van der Waals surface area (Å²) in [5.41, 5.74) is 2.99. The van der Waals surface area contributed by atoms with Crippen LogP contribution in [0, 0.1) is 0 Å². The zero-order valence-electron chi connectivity index (χ0n) is 13.8. The Morgan fingerprint density at radius 3 is 2.92 bits per heavy atom. The van der Waals surface area contributed by atoms with Gasteiger partial charge in [-0.2, -0.15) is 0 Å². The van der Waals surface area contributed by atoms with Gasteiger partial charge in [0, 0.05) is 12.7 Å². The summed E-state index contributed by atoms with van der Waals surface area (Å²) in [4.78, 5) is 26.6. The minimum Gasteiger partial charge on any atom is -0.323 e. The zero-order valence-corrected chi connectivity index (χ0v) is 13.8. The van der Waals surface area contributed by atoms with Crippen LogP contribution in [0.3, 0.4) is 0 Å². The molecule has 0 saturated heterocycles. The van der Waals surface area contributed by atoms with E-state index >= 15 is 0 Å². The number of carbonyl (C=O) groups is 1. The summed E-state index contributed by atoms with van der Waals surface area (Å²) in [7, 11) is 3.68. The van der Waals surface area contributed by atoms with E-state index in [1.54, 1.807) is 17.2 Å². The van der Waals surface area contributed by atoms with Crippen molar-refractivity contribution in [1.82, 2.24) is 25.2 Å². The molecular formula is C16H21N7O. The second-order valence-electron chi connectivity index (χ2n) is 5.94. The molecule has 3 rings (SSSR count). The summed E-state index contributed by atoms with van der Waals surface area (Å²) >= 11 is 0. The third-order valence-electron chi connectivity index (χ3n) is 3.56. The van der Waals surface area contributed by atoms with Crippen LogP contribution in [-0.2, 0) is 17.8 Å². The van der Waals surface area contributed by atoms with E-state index in [1.807, 2.05) is 26.4 Å². The second-order valence-corrected chi connectivity index (χ2v) is 5.94. The molecule has 3 N–H and O–H groups in total. The highest BCUT2D eigenvalue weighted by Crippen LogP contribution is 2.17. The molecule has 0 aliphatic carbocycles. The number of carbonyl (C=O) groups excluding carboxylic acids is 1. The summed E-state index contributed by atoms with van der Waals surface area (Å²) in [5, 5.41) is 9.18. The average molecular weight is 327 g/mol. The molecule has 0 bridgehead atoms. The summed E-state index contributed by atoms with van der Waals surface area (Å²) in [5.74, 6) is 0.963. The Hall–Kier alpha value is -2.58. The van der Waals surface area contributed by atoms with Gasteiger partial charge in [-0.3, -0.25) is 4.79 Å². The molecule has 0 aromatic carbocycles. The largest absolute Gasteiger partial charge is 0.323 e. The average Bonchev–Trinajstić information content (AvgIpc) is 2.56. The standard InChI is InChI=1S/C16H21N7O/c1-23(2)10-15(24)22-14-4-3-12(8-18-14)20-16-19-7-11-5-6-17-9-13(11)21-16/h3-4,7-8,17H,5-6,9-10H2,1-2H3,(H,18,22,24)(H,19,20,21). The predicted molar refractivity (Wildman–Crippen MR) is 92.1 cm³/mol. The Bertz CT molecular complexity index is 715. The summed E-state index contributed by atoms with van der Waals surface area (Å²) < 4.78 is 0. The molecular weight excluding hydrogens is 306 g/mol. The maximum absolute atomic E-state index is 11.7. The van der Waals surface area contributed by atoms with Gasteiger partial charge in [0.25, 0.3) is 0 Å². The maximum atomic E-state index is 11.7. The number of nitrogens with one attached hydrogen (secondary N) is 3. The molecule has 0 unspecified atom stereocenters. The fourth-order valence-corrected chi connectivity index (χ4v) is 2.43. The fraction of sp³-hybridized carbons (Fsp3) is 0.375. The predicted octanol–water partition coefficient (Wildman–Crippen LogP) is 0.761. The lowest BCUT2D eigenvalue weighted by atomic mass is 10.1. The Balaban J connectivity index is 1.63. The van der Waals surface area contributed by atoms with E-state index < -0.39 is 0 Å². The Morgan fingerprint density at radius 2 is 2.17 bits per heavy atom. The van der Waals surface area contributed by atoms with Crippen LogP contribution in [-0.4, -0.2) is 52.9 Å². The molecule has 0 fully saturated rings. The van der Waals surface area contributed by atoms with Crippen molar-refractivity contribution in [3.63, 3.8) is 0 Å². The zero-order chi connectivity index (χ0) is 16.9. The van der Waals surface area contributed by atoms with E-state index in [0.717, 1.165) is 30.9 Å². The summed E-state index contributed by atoms with van der Waals surface area (Å²) in [6.45, 7) is 2.05. The summed E-state index contributed by atoms with van der Waals surface area (Å²) in [6, 6.07) is 3.58. The first kappa shape index (κ1) is 16.3. The molecule has 126 valence electrons. The van der Waals surface area contributed by atoms with Gasteiger partial charge in [-0.25, -0.2) is 15.0 Å². The lowest BCUT2D eigenvalue weighted by molar-refractivity contribution is -0.116. The molecule has 3 heterocycles. The van der Waals surface area contributed by atoms with Gasteiger partial charge in [0.2, 0.25) is 11.9 Å². The number of pyridine rings is 1. The van der Waals surface area contributed by atoms with Crippen LogP contribution < -0.4 is 16.0 Å². The van der Waals surface area contributed by atoms with Crippen LogP contribution in [0.1, 0.15) is 11.3 Å². The van der Waals surface area contributed by atoms with E-state index in [-0.39, 0.29) is 5.91 Å². The number of anilines is 3. The fourth-order valence-electron chi connectivity index (χ4n) is 2.43. The van der Waals surface area contributed by atoms with Crippen molar-refractivity contribution in [3.05, 3.63) is 35.8 Å². The van der Waals surface area contributed by atoms with E-state index in [0.29, 0.717) is 18.3 Å².